The van der Waals surface area contributed by atoms with E-state index in [9.17, 15) is 9.59 Å². The van der Waals surface area contributed by atoms with Crippen molar-refractivity contribution in [2.75, 3.05) is 31.1 Å². The van der Waals surface area contributed by atoms with E-state index < -0.39 is 35.3 Å². The maximum atomic E-state index is 17.3. The molecule has 5 atom stereocenters. The van der Waals surface area contributed by atoms with Gasteiger partial charge in [0.1, 0.15) is 41.1 Å². The third-order valence-corrected chi connectivity index (χ3v) is 10.1. The number of hydrogen-bond donors (Lipinski definition) is 0. The van der Waals surface area contributed by atoms with E-state index in [1.54, 1.807) is 17.9 Å². The lowest BCUT2D eigenvalue weighted by atomic mass is 9.78. The summed E-state index contributed by atoms with van der Waals surface area (Å²) in [6.07, 6.45) is 2.37. The molecule has 1 unspecified atom stereocenters. The zero-order valence-corrected chi connectivity index (χ0v) is 29.8. The monoisotopic (exact) mass is 707 g/mol. The van der Waals surface area contributed by atoms with Gasteiger partial charge >= 0.3 is 5.97 Å². The first-order valence-electron chi connectivity index (χ1n) is 17.4. The normalized spacial score (nSPS) is 26.6. The van der Waals surface area contributed by atoms with Gasteiger partial charge in [-0.05, 0) is 51.8 Å². The molecule has 50 heavy (non-hydrogen) atoms. The molecule has 11 nitrogen and oxygen atoms in total. The van der Waals surface area contributed by atoms with Crippen LogP contribution in [0.5, 0.6) is 5.88 Å². The predicted octanol–water partition coefficient (Wildman–Crippen LogP) is 6.77. The number of benzene rings is 1. The van der Waals surface area contributed by atoms with Crippen molar-refractivity contribution in [3.8, 4) is 5.88 Å². The van der Waals surface area contributed by atoms with Gasteiger partial charge in [0.25, 0.3) is 0 Å². The Hall–Kier alpha value is -4.03. The van der Waals surface area contributed by atoms with Crippen molar-refractivity contribution in [3.05, 3.63) is 52.9 Å². The van der Waals surface area contributed by atoms with Gasteiger partial charge in [0.05, 0.1) is 17.1 Å². The number of rotatable bonds is 1. The minimum absolute atomic E-state index is 0.00140. The second kappa shape index (κ2) is 13.3. The number of hydrogen-bond acceptors (Lipinski definition) is 10. The second-order valence-corrected chi connectivity index (χ2v) is 15.3. The number of anilines is 1. The number of carbonyl (C=O) groups excluding carboxylic acids is 2. The van der Waals surface area contributed by atoms with Crippen LogP contribution in [0.3, 0.4) is 0 Å². The van der Waals surface area contributed by atoms with Crippen molar-refractivity contribution >= 4 is 51.4 Å². The van der Waals surface area contributed by atoms with Crippen molar-refractivity contribution in [1.82, 2.24) is 19.9 Å². The maximum absolute atomic E-state index is 17.3. The molecule has 2 saturated heterocycles. The van der Waals surface area contributed by atoms with Gasteiger partial charge in [-0.15, -0.1) is 0 Å². The van der Waals surface area contributed by atoms with Crippen LogP contribution in [0.25, 0.3) is 22.1 Å². The highest BCUT2D eigenvalue weighted by atomic mass is 35.5. The Morgan fingerprint density at radius 1 is 1.16 bits per heavy atom. The van der Waals surface area contributed by atoms with Gasteiger partial charge in [-0.1, -0.05) is 37.6 Å². The Morgan fingerprint density at radius 2 is 1.96 bits per heavy atom. The van der Waals surface area contributed by atoms with E-state index in [1.807, 2.05) is 56.9 Å². The van der Waals surface area contributed by atoms with Crippen LogP contribution in [0.1, 0.15) is 71.7 Å². The van der Waals surface area contributed by atoms with Gasteiger partial charge in [-0.2, -0.15) is 0 Å². The standard InChI is InChI=1S/C37H43ClFN5O6/c1-21-9-8-14-47-20-29-41-30-25-10-6-7-11-28(25)49-31(30)32(42-29)44-19-24(16-27(44)35(46)50-36(3,4)5)48-33-26(15-23(38)17-40-33)37(39)12-13-43(34(21)45)18-22(37)2/h6-7,10-11,15,17,21-22,24,27H,8-9,12-14,16,18-20H2,1-5H3/t21?,22-,24-,27-,37+/m0/s1. The van der Waals surface area contributed by atoms with Crippen LogP contribution >= 0.6 is 11.6 Å². The summed E-state index contributed by atoms with van der Waals surface area (Å²) in [5.41, 5.74) is -0.720. The van der Waals surface area contributed by atoms with Crippen molar-refractivity contribution in [3.63, 3.8) is 0 Å². The fourth-order valence-corrected chi connectivity index (χ4v) is 7.53. The fraction of sp³-hybridized carbons (Fsp3) is 0.541. The summed E-state index contributed by atoms with van der Waals surface area (Å²) < 4.78 is 42.1. The maximum Gasteiger partial charge on any atom is 0.329 e. The van der Waals surface area contributed by atoms with Gasteiger partial charge in [-0.25, -0.2) is 24.1 Å². The smallest absolute Gasteiger partial charge is 0.329 e. The number of aromatic nitrogens is 3. The summed E-state index contributed by atoms with van der Waals surface area (Å²) in [7, 11) is 0. The highest BCUT2D eigenvalue weighted by Gasteiger charge is 2.48. The predicted molar refractivity (Wildman–Crippen MR) is 186 cm³/mol. The van der Waals surface area contributed by atoms with Crippen LogP contribution in [-0.2, 0) is 31.3 Å². The number of alkyl halides is 1. The summed E-state index contributed by atoms with van der Waals surface area (Å²) in [5, 5.41) is 1.08. The van der Waals surface area contributed by atoms with Crippen LogP contribution in [-0.4, -0.2) is 75.7 Å². The lowest BCUT2D eigenvalue weighted by molar-refractivity contribution is -0.156. The van der Waals surface area contributed by atoms with Crippen LogP contribution in [0, 0.1) is 11.8 Å². The van der Waals surface area contributed by atoms with Gasteiger partial charge in [0, 0.05) is 56.0 Å². The van der Waals surface area contributed by atoms with E-state index in [-0.39, 0.29) is 67.4 Å². The molecule has 0 radical (unpaired) electrons. The highest BCUT2D eigenvalue weighted by molar-refractivity contribution is 6.30. The number of halogens is 2. The second-order valence-electron chi connectivity index (χ2n) is 14.8. The number of para-hydroxylation sites is 1. The topological polar surface area (TPSA) is 120 Å². The van der Waals surface area contributed by atoms with E-state index >= 15 is 4.39 Å². The molecule has 266 valence electrons. The molecular weight excluding hydrogens is 665 g/mol. The largest absolute Gasteiger partial charge is 0.472 e. The minimum Gasteiger partial charge on any atom is -0.472 e. The number of fused-ring (bicyclic) bond motifs is 11. The summed E-state index contributed by atoms with van der Waals surface area (Å²) in [6, 6.07) is 8.34. The van der Waals surface area contributed by atoms with Crippen LogP contribution in [0.15, 0.2) is 40.9 Å². The van der Waals surface area contributed by atoms with E-state index in [4.69, 9.17) is 40.2 Å². The quantitative estimate of drug-likeness (QED) is 0.196. The Bertz CT molecular complexity index is 1930. The molecule has 0 aliphatic carbocycles. The number of amides is 1. The molecule has 1 amide bonds. The molecule has 13 heteroatoms. The zero-order valence-electron chi connectivity index (χ0n) is 29.1. The number of nitrogens with zero attached hydrogens (tertiary/aromatic N) is 5. The minimum atomic E-state index is -1.85. The van der Waals surface area contributed by atoms with E-state index in [0.29, 0.717) is 47.8 Å². The van der Waals surface area contributed by atoms with Crippen LogP contribution in [0.4, 0.5) is 10.2 Å². The van der Waals surface area contributed by atoms with Crippen LogP contribution < -0.4 is 9.64 Å². The molecule has 8 rings (SSSR count). The van der Waals surface area contributed by atoms with Gasteiger partial charge in [0.2, 0.25) is 11.8 Å². The van der Waals surface area contributed by atoms with Gasteiger partial charge < -0.3 is 28.4 Å². The lowest BCUT2D eigenvalue weighted by Crippen LogP contribution is -2.50. The molecule has 0 spiro atoms. The lowest BCUT2D eigenvalue weighted by Gasteiger charge is -2.42. The third kappa shape index (κ3) is 6.59. The van der Waals surface area contributed by atoms with Crippen molar-refractivity contribution in [2.45, 2.75) is 90.3 Å². The van der Waals surface area contributed by atoms with E-state index in [1.165, 1.54) is 6.20 Å². The number of ether oxygens (including phenoxy) is 3. The molecule has 7 heterocycles. The average Bonchev–Trinajstić information content (AvgIpc) is 3.66. The summed E-state index contributed by atoms with van der Waals surface area (Å²) >= 11 is 6.42. The van der Waals surface area contributed by atoms with Gasteiger partial charge in [-0.3, -0.25) is 4.79 Å². The van der Waals surface area contributed by atoms with Crippen LogP contribution in [0.2, 0.25) is 5.02 Å². The Morgan fingerprint density at radius 3 is 2.74 bits per heavy atom. The van der Waals surface area contributed by atoms with Crippen molar-refractivity contribution < 1.29 is 32.6 Å². The molecule has 4 aliphatic rings. The first kappa shape index (κ1) is 34.4. The highest BCUT2D eigenvalue weighted by Crippen LogP contribution is 2.46. The Kier molecular flexibility index (Phi) is 9.13. The zero-order chi connectivity index (χ0) is 35.4. The first-order chi connectivity index (χ1) is 23.8. The molecular formula is C37H43ClFN5O6. The van der Waals surface area contributed by atoms with Crippen molar-refractivity contribution in [2.24, 2.45) is 11.8 Å². The van der Waals surface area contributed by atoms with Gasteiger partial charge in [0.15, 0.2) is 17.2 Å². The molecule has 2 fully saturated rings. The number of furan rings is 1. The number of esters is 1. The molecule has 3 aromatic heterocycles. The molecule has 6 bridgehead atoms. The van der Waals surface area contributed by atoms with E-state index in [2.05, 4.69) is 4.98 Å². The summed E-state index contributed by atoms with van der Waals surface area (Å²) in [6.45, 7) is 10.4. The summed E-state index contributed by atoms with van der Waals surface area (Å²) in [5.74, 6) is -0.325. The third-order valence-electron chi connectivity index (χ3n) is 9.92. The molecule has 0 N–H and O–H groups in total. The van der Waals surface area contributed by atoms with Crippen molar-refractivity contribution in [1.29, 1.82) is 0 Å². The molecule has 4 aliphatic heterocycles. The molecule has 0 saturated carbocycles. The summed E-state index contributed by atoms with van der Waals surface area (Å²) in [4.78, 5) is 45.1. The number of piperidine rings is 1. The fourth-order valence-electron chi connectivity index (χ4n) is 7.37. The SMILES string of the molecule is CC1CCCOCc2nc(c3oc4ccccc4c3n2)N2C[C@H](C[C@H]2C(=O)OC(C)(C)C)Oc2ncc(Cl)cc2[C@@]2(F)CCN(C[C@@H]2C)C1=O. The molecule has 4 aromatic rings. The number of carbonyl (C=O) groups is 2. The van der Waals surface area contributed by atoms with E-state index in [0.717, 1.165) is 5.39 Å². The average molecular weight is 708 g/mol. The Balaban J connectivity index is 1.34. The first-order valence-corrected chi connectivity index (χ1v) is 17.7. The Labute approximate surface area is 295 Å². The molecule has 1 aromatic carbocycles. The number of pyridine rings is 1.